The van der Waals surface area contributed by atoms with Gasteiger partial charge in [-0.3, -0.25) is 4.79 Å². The Morgan fingerprint density at radius 1 is 1.54 bits per heavy atom. The Bertz CT molecular complexity index is 140. The van der Waals surface area contributed by atoms with Crippen LogP contribution < -0.4 is 5.32 Å². The standard InChI is InChI=1S/C9H18BrNO2/c1-8(2)7-13-5-3-4-11-9(12)6-10/h8H,3-7H2,1-2H3,(H,11,12). The van der Waals surface area contributed by atoms with E-state index in [0.29, 0.717) is 17.8 Å². The van der Waals surface area contributed by atoms with Crippen LogP contribution in [0.4, 0.5) is 0 Å². The molecule has 0 aromatic heterocycles. The molecular formula is C9H18BrNO2. The Kier molecular flexibility index (Phi) is 8.45. The second kappa shape index (κ2) is 8.51. The van der Waals surface area contributed by atoms with Crippen LogP contribution in [0.1, 0.15) is 20.3 Å². The largest absolute Gasteiger partial charge is 0.381 e. The number of ether oxygens (including phenoxy) is 1. The molecular weight excluding hydrogens is 234 g/mol. The molecule has 0 saturated carbocycles. The Hall–Kier alpha value is -0.0900. The second-order valence-electron chi connectivity index (χ2n) is 3.31. The Balaban J connectivity index is 3.04. The monoisotopic (exact) mass is 251 g/mol. The lowest BCUT2D eigenvalue weighted by Crippen LogP contribution is -2.26. The lowest BCUT2D eigenvalue weighted by Gasteiger charge is -2.06. The molecule has 1 N–H and O–H groups in total. The molecule has 0 saturated heterocycles. The van der Waals surface area contributed by atoms with Crippen molar-refractivity contribution in [2.24, 2.45) is 5.92 Å². The van der Waals surface area contributed by atoms with Crippen LogP contribution in [0.15, 0.2) is 0 Å². The van der Waals surface area contributed by atoms with Crippen LogP contribution in [-0.4, -0.2) is 31.0 Å². The van der Waals surface area contributed by atoms with E-state index < -0.39 is 0 Å². The van der Waals surface area contributed by atoms with Crippen molar-refractivity contribution in [2.45, 2.75) is 20.3 Å². The van der Waals surface area contributed by atoms with Gasteiger partial charge in [-0.15, -0.1) is 0 Å². The van der Waals surface area contributed by atoms with Gasteiger partial charge in [-0.2, -0.15) is 0 Å². The van der Waals surface area contributed by atoms with E-state index in [2.05, 4.69) is 35.1 Å². The molecule has 0 aromatic carbocycles. The van der Waals surface area contributed by atoms with Gasteiger partial charge in [-0.05, 0) is 12.3 Å². The molecule has 0 radical (unpaired) electrons. The maximum Gasteiger partial charge on any atom is 0.230 e. The Morgan fingerprint density at radius 3 is 2.77 bits per heavy atom. The van der Waals surface area contributed by atoms with Crippen LogP contribution in [0.2, 0.25) is 0 Å². The van der Waals surface area contributed by atoms with Crippen molar-refractivity contribution in [1.29, 1.82) is 0 Å². The van der Waals surface area contributed by atoms with Crippen LogP contribution in [-0.2, 0) is 9.53 Å². The van der Waals surface area contributed by atoms with Crippen LogP contribution in [0.25, 0.3) is 0 Å². The highest BCUT2D eigenvalue weighted by molar-refractivity contribution is 9.09. The summed E-state index contributed by atoms with van der Waals surface area (Å²) in [5.74, 6) is 0.612. The third-order valence-corrected chi connectivity index (χ3v) is 1.87. The summed E-state index contributed by atoms with van der Waals surface area (Å²) in [5, 5.41) is 3.13. The van der Waals surface area contributed by atoms with Crippen molar-refractivity contribution in [3.63, 3.8) is 0 Å². The van der Waals surface area contributed by atoms with Crippen molar-refractivity contribution >= 4 is 21.8 Å². The highest BCUT2D eigenvalue weighted by Crippen LogP contribution is 1.92. The first kappa shape index (κ1) is 12.9. The van der Waals surface area contributed by atoms with Crippen molar-refractivity contribution in [3.8, 4) is 0 Å². The molecule has 0 fully saturated rings. The van der Waals surface area contributed by atoms with Gasteiger partial charge in [0, 0.05) is 19.8 Å². The molecule has 0 aromatic rings. The maximum absolute atomic E-state index is 10.8. The van der Waals surface area contributed by atoms with Gasteiger partial charge in [-0.25, -0.2) is 0 Å². The highest BCUT2D eigenvalue weighted by Gasteiger charge is 1.96. The number of hydrogen-bond acceptors (Lipinski definition) is 2. The Labute approximate surface area is 88.4 Å². The molecule has 13 heavy (non-hydrogen) atoms. The first-order chi connectivity index (χ1) is 6.16. The Morgan fingerprint density at radius 2 is 2.23 bits per heavy atom. The third-order valence-electron chi connectivity index (χ3n) is 1.36. The molecule has 0 heterocycles. The summed E-state index contributed by atoms with van der Waals surface area (Å²) in [4.78, 5) is 10.8. The van der Waals surface area contributed by atoms with Crippen LogP contribution in [0.5, 0.6) is 0 Å². The van der Waals surface area contributed by atoms with Gasteiger partial charge in [0.1, 0.15) is 0 Å². The predicted octanol–water partition coefficient (Wildman–Crippen LogP) is 1.56. The average molecular weight is 252 g/mol. The van der Waals surface area contributed by atoms with Gasteiger partial charge in [0.2, 0.25) is 5.91 Å². The van der Waals surface area contributed by atoms with Gasteiger partial charge in [-0.1, -0.05) is 29.8 Å². The molecule has 0 aliphatic heterocycles. The van der Waals surface area contributed by atoms with E-state index in [-0.39, 0.29) is 5.91 Å². The van der Waals surface area contributed by atoms with E-state index >= 15 is 0 Å². The SMILES string of the molecule is CC(C)COCCCNC(=O)CBr. The van der Waals surface area contributed by atoms with E-state index in [1.165, 1.54) is 0 Å². The highest BCUT2D eigenvalue weighted by atomic mass is 79.9. The molecule has 1 amide bonds. The minimum Gasteiger partial charge on any atom is -0.381 e. The zero-order valence-corrected chi connectivity index (χ0v) is 9.89. The molecule has 0 aliphatic carbocycles. The summed E-state index contributed by atoms with van der Waals surface area (Å²) in [5.41, 5.74) is 0. The van der Waals surface area contributed by atoms with Crippen LogP contribution >= 0.6 is 15.9 Å². The minimum atomic E-state index is 0.0314. The van der Waals surface area contributed by atoms with Crippen molar-refractivity contribution in [1.82, 2.24) is 5.32 Å². The molecule has 0 spiro atoms. The fourth-order valence-corrected chi connectivity index (χ4v) is 0.967. The van der Waals surface area contributed by atoms with E-state index in [4.69, 9.17) is 4.74 Å². The number of carbonyl (C=O) groups excluding carboxylic acids is 1. The van der Waals surface area contributed by atoms with Crippen molar-refractivity contribution in [2.75, 3.05) is 25.1 Å². The van der Waals surface area contributed by atoms with Crippen LogP contribution in [0.3, 0.4) is 0 Å². The maximum atomic E-state index is 10.8. The third kappa shape index (κ3) is 9.83. The zero-order chi connectivity index (χ0) is 10.1. The van der Waals surface area contributed by atoms with Crippen molar-refractivity contribution < 1.29 is 9.53 Å². The zero-order valence-electron chi connectivity index (χ0n) is 8.31. The molecule has 78 valence electrons. The van der Waals surface area contributed by atoms with Crippen molar-refractivity contribution in [3.05, 3.63) is 0 Å². The van der Waals surface area contributed by atoms with E-state index in [9.17, 15) is 4.79 Å². The molecule has 0 aliphatic rings. The summed E-state index contributed by atoms with van der Waals surface area (Å²) in [6.07, 6.45) is 0.880. The number of rotatable bonds is 7. The van der Waals surface area contributed by atoms with Crippen LogP contribution in [0, 0.1) is 5.92 Å². The molecule has 0 bridgehead atoms. The van der Waals surface area contributed by atoms with Gasteiger partial charge >= 0.3 is 0 Å². The number of halogens is 1. The number of amides is 1. The quantitative estimate of drug-likeness (QED) is 0.551. The fraction of sp³-hybridized carbons (Fsp3) is 0.889. The van der Waals surface area contributed by atoms with E-state index in [1.54, 1.807) is 0 Å². The average Bonchev–Trinajstić information content (AvgIpc) is 2.10. The second-order valence-corrected chi connectivity index (χ2v) is 3.87. The molecule has 3 nitrogen and oxygen atoms in total. The summed E-state index contributed by atoms with van der Waals surface area (Å²) < 4.78 is 5.35. The van der Waals surface area contributed by atoms with E-state index in [1.807, 2.05) is 0 Å². The lowest BCUT2D eigenvalue weighted by atomic mass is 10.2. The number of carbonyl (C=O) groups is 1. The van der Waals surface area contributed by atoms with Gasteiger partial charge < -0.3 is 10.1 Å². The molecule has 0 atom stereocenters. The number of alkyl halides is 1. The van der Waals surface area contributed by atoms with Gasteiger partial charge in [0.15, 0.2) is 0 Å². The lowest BCUT2D eigenvalue weighted by molar-refractivity contribution is -0.118. The number of hydrogen-bond donors (Lipinski definition) is 1. The molecule has 4 heteroatoms. The molecule has 0 unspecified atom stereocenters. The summed E-state index contributed by atoms with van der Waals surface area (Å²) >= 11 is 3.07. The first-order valence-corrected chi connectivity index (χ1v) is 5.69. The topological polar surface area (TPSA) is 38.3 Å². The predicted molar refractivity (Wildman–Crippen MR) is 57.1 cm³/mol. The van der Waals surface area contributed by atoms with Gasteiger partial charge in [0.25, 0.3) is 0 Å². The summed E-state index contributed by atoms with van der Waals surface area (Å²) in [7, 11) is 0. The summed E-state index contributed by atoms with van der Waals surface area (Å²) in [6, 6.07) is 0. The van der Waals surface area contributed by atoms with E-state index in [0.717, 1.165) is 19.6 Å². The molecule has 0 rings (SSSR count). The normalized spacial score (nSPS) is 10.5. The minimum absolute atomic E-state index is 0.0314. The number of nitrogens with one attached hydrogen (secondary N) is 1. The fourth-order valence-electron chi connectivity index (χ4n) is 0.768. The first-order valence-electron chi connectivity index (χ1n) is 4.57. The summed E-state index contributed by atoms with van der Waals surface area (Å²) in [6.45, 7) is 6.45. The smallest absolute Gasteiger partial charge is 0.230 e. The van der Waals surface area contributed by atoms with Gasteiger partial charge in [0.05, 0.1) is 5.33 Å².